The third kappa shape index (κ3) is 4.27. The van der Waals surface area contributed by atoms with Gasteiger partial charge in [0, 0.05) is 32.2 Å². The van der Waals surface area contributed by atoms with Crippen molar-refractivity contribution in [1.29, 1.82) is 0 Å². The number of likely N-dealkylation sites (tertiary alicyclic amines) is 1. The van der Waals surface area contributed by atoms with Crippen molar-refractivity contribution in [3.8, 4) is 17.2 Å². The molecule has 0 spiro atoms. The minimum atomic E-state index is 0.125. The van der Waals surface area contributed by atoms with Crippen molar-refractivity contribution < 1.29 is 18.4 Å². The highest BCUT2D eigenvalue weighted by Crippen LogP contribution is 2.33. The van der Waals surface area contributed by atoms with Crippen molar-refractivity contribution in [1.82, 2.24) is 15.0 Å². The zero-order valence-corrected chi connectivity index (χ0v) is 17.3. The average molecular weight is 409 g/mol. The van der Waals surface area contributed by atoms with Crippen LogP contribution in [0.1, 0.15) is 42.5 Å². The summed E-state index contributed by atoms with van der Waals surface area (Å²) in [5.41, 5.74) is 0.850. The van der Waals surface area contributed by atoms with Gasteiger partial charge in [0.05, 0.1) is 12.1 Å². The third-order valence-electron chi connectivity index (χ3n) is 5.84. The molecule has 0 radical (unpaired) electrons. The van der Waals surface area contributed by atoms with Crippen LogP contribution in [0.5, 0.6) is 5.75 Å². The van der Waals surface area contributed by atoms with Gasteiger partial charge in [0.25, 0.3) is 5.89 Å². The van der Waals surface area contributed by atoms with Crippen LogP contribution in [-0.4, -0.2) is 47.4 Å². The molecular formula is C23H27N3O4. The van der Waals surface area contributed by atoms with E-state index in [0.717, 1.165) is 80.8 Å². The van der Waals surface area contributed by atoms with Crippen molar-refractivity contribution in [2.24, 2.45) is 0 Å². The highest BCUT2D eigenvalue weighted by atomic mass is 16.5. The second kappa shape index (κ2) is 8.62. The molecule has 7 nitrogen and oxygen atoms in total. The Morgan fingerprint density at radius 1 is 1.10 bits per heavy atom. The lowest BCUT2D eigenvalue weighted by Crippen LogP contribution is -2.24. The number of hydrogen-bond donors (Lipinski definition) is 0. The molecule has 158 valence electrons. The Balaban J connectivity index is 1.26. The van der Waals surface area contributed by atoms with E-state index >= 15 is 0 Å². The number of furan rings is 1. The van der Waals surface area contributed by atoms with Gasteiger partial charge in [0.2, 0.25) is 0 Å². The molecule has 0 saturated carbocycles. The number of hydrogen-bond acceptors (Lipinski definition) is 7. The van der Waals surface area contributed by atoms with Crippen molar-refractivity contribution in [3.05, 3.63) is 53.7 Å². The summed E-state index contributed by atoms with van der Waals surface area (Å²) in [5.74, 6) is 4.33. The monoisotopic (exact) mass is 409 g/mol. The Labute approximate surface area is 176 Å². The lowest BCUT2D eigenvalue weighted by Gasteiger charge is -2.18. The first-order valence-corrected chi connectivity index (χ1v) is 10.7. The number of aromatic nitrogens is 2. The molecule has 3 aromatic rings. The zero-order valence-electron chi connectivity index (χ0n) is 17.3. The quantitative estimate of drug-likeness (QED) is 0.604. The molecule has 2 aliphatic rings. The molecule has 30 heavy (non-hydrogen) atoms. The van der Waals surface area contributed by atoms with Crippen LogP contribution in [0.3, 0.4) is 0 Å². The molecule has 2 aromatic heterocycles. The molecule has 0 N–H and O–H groups in total. The fourth-order valence-corrected chi connectivity index (χ4v) is 4.22. The fraction of sp³-hybridized carbons (Fsp3) is 0.478. The number of para-hydroxylation sites is 1. The van der Waals surface area contributed by atoms with E-state index in [0.29, 0.717) is 11.8 Å². The van der Waals surface area contributed by atoms with Crippen LogP contribution >= 0.6 is 0 Å². The van der Waals surface area contributed by atoms with Crippen LogP contribution in [0.25, 0.3) is 11.5 Å². The van der Waals surface area contributed by atoms with Crippen molar-refractivity contribution in [2.45, 2.75) is 44.8 Å². The van der Waals surface area contributed by atoms with Crippen LogP contribution in [0.15, 0.2) is 45.3 Å². The number of ether oxygens (including phenoxy) is 2. The molecule has 5 rings (SSSR count). The van der Waals surface area contributed by atoms with E-state index in [1.165, 1.54) is 0 Å². The number of rotatable bonds is 6. The topological polar surface area (TPSA) is 73.8 Å². The molecule has 7 heteroatoms. The molecule has 2 fully saturated rings. The maximum absolute atomic E-state index is 6.37. The highest BCUT2D eigenvalue weighted by Gasteiger charge is 2.27. The minimum Gasteiger partial charge on any atom is -0.488 e. The normalized spacial score (nSPS) is 20.6. The Kier molecular flexibility index (Phi) is 5.55. The summed E-state index contributed by atoms with van der Waals surface area (Å²) in [4.78, 5) is 7.04. The van der Waals surface area contributed by atoms with E-state index < -0.39 is 0 Å². The second-order valence-electron chi connectivity index (χ2n) is 8.12. The minimum absolute atomic E-state index is 0.125. The summed E-state index contributed by atoms with van der Waals surface area (Å²) in [6, 6.07) is 12.0. The zero-order chi connectivity index (χ0) is 20.3. The molecule has 1 atom stereocenters. The average Bonchev–Trinajstić information content (AvgIpc) is 3.51. The molecule has 1 unspecified atom stereocenters. The van der Waals surface area contributed by atoms with Gasteiger partial charge >= 0.3 is 0 Å². The molecule has 2 aliphatic heterocycles. The summed E-state index contributed by atoms with van der Waals surface area (Å²) >= 11 is 0. The van der Waals surface area contributed by atoms with Gasteiger partial charge in [0.1, 0.15) is 23.4 Å². The van der Waals surface area contributed by atoms with Crippen LogP contribution in [0.4, 0.5) is 0 Å². The maximum atomic E-state index is 6.37. The highest BCUT2D eigenvalue weighted by molar-refractivity contribution is 5.62. The Morgan fingerprint density at radius 2 is 1.97 bits per heavy atom. The van der Waals surface area contributed by atoms with Crippen LogP contribution in [0, 0.1) is 6.92 Å². The first kappa shape index (κ1) is 19.3. The summed E-state index contributed by atoms with van der Waals surface area (Å²) in [7, 11) is 0. The van der Waals surface area contributed by atoms with Gasteiger partial charge < -0.3 is 18.4 Å². The van der Waals surface area contributed by atoms with E-state index in [-0.39, 0.29) is 6.10 Å². The Hall–Kier alpha value is -2.64. The van der Waals surface area contributed by atoms with E-state index in [9.17, 15) is 0 Å². The largest absolute Gasteiger partial charge is 0.488 e. The SMILES string of the molecule is Cc1ccc(CN2CCC(Oc3ccccc3-c3nc(C4CCOCC4)no3)C2)o1. The summed E-state index contributed by atoms with van der Waals surface area (Å²) in [5, 5.41) is 4.23. The maximum Gasteiger partial charge on any atom is 0.261 e. The lowest BCUT2D eigenvalue weighted by molar-refractivity contribution is 0.0830. The molecule has 0 aliphatic carbocycles. The lowest BCUT2D eigenvalue weighted by atomic mass is 10.00. The molecule has 2 saturated heterocycles. The summed E-state index contributed by atoms with van der Waals surface area (Å²) in [6.45, 7) is 6.15. The van der Waals surface area contributed by atoms with Gasteiger partial charge in [-0.25, -0.2) is 0 Å². The van der Waals surface area contributed by atoms with E-state index in [1.54, 1.807) is 0 Å². The van der Waals surface area contributed by atoms with Gasteiger partial charge in [-0.05, 0) is 50.5 Å². The smallest absolute Gasteiger partial charge is 0.261 e. The van der Waals surface area contributed by atoms with Crippen LogP contribution in [0.2, 0.25) is 0 Å². The van der Waals surface area contributed by atoms with Gasteiger partial charge in [-0.1, -0.05) is 17.3 Å². The molecule has 4 heterocycles. The van der Waals surface area contributed by atoms with E-state index in [2.05, 4.69) is 15.0 Å². The first-order valence-electron chi connectivity index (χ1n) is 10.7. The molecule has 1 aromatic carbocycles. The third-order valence-corrected chi connectivity index (χ3v) is 5.84. The first-order chi connectivity index (χ1) is 14.7. The molecule has 0 amide bonds. The summed E-state index contributed by atoms with van der Waals surface area (Å²) in [6.07, 6.45) is 2.97. The predicted octanol–water partition coefficient (Wildman–Crippen LogP) is 4.19. The van der Waals surface area contributed by atoms with Crippen LogP contribution < -0.4 is 4.74 Å². The fourth-order valence-electron chi connectivity index (χ4n) is 4.22. The number of nitrogens with zero attached hydrogens (tertiary/aromatic N) is 3. The molecular weight excluding hydrogens is 382 g/mol. The Morgan fingerprint density at radius 3 is 2.80 bits per heavy atom. The van der Waals surface area contributed by atoms with E-state index in [1.807, 2.05) is 43.3 Å². The summed E-state index contributed by atoms with van der Waals surface area (Å²) < 4.78 is 23.1. The van der Waals surface area contributed by atoms with Crippen LogP contribution in [-0.2, 0) is 11.3 Å². The number of benzene rings is 1. The van der Waals surface area contributed by atoms with Gasteiger partial charge in [0.15, 0.2) is 5.82 Å². The van der Waals surface area contributed by atoms with Gasteiger partial charge in [-0.2, -0.15) is 4.98 Å². The number of aryl methyl sites for hydroxylation is 1. The predicted molar refractivity (Wildman–Crippen MR) is 110 cm³/mol. The van der Waals surface area contributed by atoms with Crippen molar-refractivity contribution in [2.75, 3.05) is 26.3 Å². The molecule has 0 bridgehead atoms. The van der Waals surface area contributed by atoms with Crippen molar-refractivity contribution in [3.63, 3.8) is 0 Å². The second-order valence-corrected chi connectivity index (χ2v) is 8.12. The van der Waals surface area contributed by atoms with Crippen molar-refractivity contribution >= 4 is 0 Å². The Bertz CT molecular complexity index is 976. The van der Waals surface area contributed by atoms with Gasteiger partial charge in [-0.3, -0.25) is 4.90 Å². The van der Waals surface area contributed by atoms with E-state index in [4.69, 9.17) is 18.4 Å². The standard InChI is InChI=1S/C23H27N3O4/c1-16-6-7-18(28-16)14-26-11-8-19(15-26)29-21-5-3-2-4-20(21)23-24-22(25-30-23)17-9-12-27-13-10-17/h2-7,17,19H,8-15H2,1H3. The van der Waals surface area contributed by atoms with Gasteiger partial charge in [-0.15, -0.1) is 0 Å².